The average Bonchev–Trinajstić information content (AvgIpc) is 2.05. The lowest BCUT2D eigenvalue weighted by atomic mass is 9.66. The zero-order valence-electron chi connectivity index (χ0n) is 10.8. The standard InChI is InChI=1S/C12H22N2O3/c1-11(2,3)17-10(16)14-8-7-12(9(13)15)5-4-6-12/h4-8H2,1-3H3,(H2,13,15)(H,14,16). The molecule has 17 heavy (non-hydrogen) atoms. The summed E-state index contributed by atoms with van der Waals surface area (Å²) in [6, 6.07) is 0. The van der Waals surface area contributed by atoms with Gasteiger partial charge in [-0.15, -0.1) is 0 Å². The minimum atomic E-state index is -0.498. The van der Waals surface area contributed by atoms with Crippen molar-refractivity contribution in [2.45, 2.75) is 52.1 Å². The van der Waals surface area contributed by atoms with Gasteiger partial charge in [0.2, 0.25) is 5.91 Å². The molecule has 0 spiro atoms. The van der Waals surface area contributed by atoms with Gasteiger partial charge in [0.1, 0.15) is 5.60 Å². The number of hydrogen-bond acceptors (Lipinski definition) is 3. The number of hydrogen-bond donors (Lipinski definition) is 2. The van der Waals surface area contributed by atoms with Crippen molar-refractivity contribution in [2.75, 3.05) is 6.54 Å². The van der Waals surface area contributed by atoms with Crippen LogP contribution in [0.4, 0.5) is 4.79 Å². The van der Waals surface area contributed by atoms with Crippen LogP contribution in [-0.2, 0) is 9.53 Å². The molecule has 0 radical (unpaired) electrons. The summed E-state index contributed by atoms with van der Waals surface area (Å²) in [6.45, 7) is 5.86. The first kappa shape index (κ1) is 13.8. The van der Waals surface area contributed by atoms with E-state index in [1.54, 1.807) is 0 Å². The molecule has 3 N–H and O–H groups in total. The number of alkyl carbamates (subject to hydrolysis) is 1. The Kier molecular flexibility index (Phi) is 4.01. The van der Waals surface area contributed by atoms with Crippen molar-refractivity contribution in [3.8, 4) is 0 Å². The molecule has 2 amide bonds. The maximum atomic E-state index is 11.4. The van der Waals surface area contributed by atoms with Gasteiger partial charge in [0.25, 0.3) is 0 Å². The fraction of sp³-hybridized carbons (Fsp3) is 0.833. The van der Waals surface area contributed by atoms with Crippen LogP contribution in [0.1, 0.15) is 46.5 Å². The van der Waals surface area contributed by atoms with Crippen molar-refractivity contribution < 1.29 is 14.3 Å². The van der Waals surface area contributed by atoms with E-state index in [0.29, 0.717) is 13.0 Å². The summed E-state index contributed by atoms with van der Waals surface area (Å²) in [4.78, 5) is 22.7. The first-order valence-electron chi connectivity index (χ1n) is 6.02. The Bertz CT molecular complexity index is 303. The Morgan fingerprint density at radius 1 is 1.35 bits per heavy atom. The van der Waals surface area contributed by atoms with Gasteiger partial charge >= 0.3 is 6.09 Å². The van der Waals surface area contributed by atoms with Crippen LogP contribution in [0, 0.1) is 5.41 Å². The van der Waals surface area contributed by atoms with Crippen LogP contribution in [0.25, 0.3) is 0 Å². The van der Waals surface area contributed by atoms with Gasteiger partial charge in [0, 0.05) is 6.54 Å². The van der Waals surface area contributed by atoms with Gasteiger partial charge in [-0.05, 0) is 40.0 Å². The van der Waals surface area contributed by atoms with E-state index in [-0.39, 0.29) is 5.91 Å². The normalized spacial score (nSPS) is 18.1. The molecule has 0 unspecified atom stereocenters. The quantitative estimate of drug-likeness (QED) is 0.784. The molecule has 0 aliphatic heterocycles. The zero-order valence-corrected chi connectivity index (χ0v) is 10.8. The van der Waals surface area contributed by atoms with Gasteiger partial charge < -0.3 is 15.8 Å². The lowest BCUT2D eigenvalue weighted by Crippen LogP contribution is -2.45. The number of carbonyl (C=O) groups excluding carboxylic acids is 2. The fourth-order valence-electron chi connectivity index (χ4n) is 1.94. The monoisotopic (exact) mass is 242 g/mol. The molecule has 5 heteroatoms. The minimum Gasteiger partial charge on any atom is -0.444 e. The van der Waals surface area contributed by atoms with E-state index in [0.717, 1.165) is 19.3 Å². The lowest BCUT2D eigenvalue weighted by Gasteiger charge is -2.38. The van der Waals surface area contributed by atoms with Crippen LogP contribution < -0.4 is 11.1 Å². The Morgan fingerprint density at radius 3 is 2.29 bits per heavy atom. The first-order chi connectivity index (χ1) is 7.75. The number of amides is 2. The maximum Gasteiger partial charge on any atom is 0.407 e. The van der Waals surface area contributed by atoms with Crippen molar-refractivity contribution in [3.05, 3.63) is 0 Å². The molecule has 0 aromatic heterocycles. The van der Waals surface area contributed by atoms with Gasteiger partial charge in [-0.25, -0.2) is 4.79 Å². The fourth-order valence-corrected chi connectivity index (χ4v) is 1.94. The third-order valence-corrected chi connectivity index (χ3v) is 3.11. The van der Waals surface area contributed by atoms with E-state index in [9.17, 15) is 9.59 Å². The Balaban J connectivity index is 2.28. The van der Waals surface area contributed by atoms with Crippen LogP contribution >= 0.6 is 0 Å². The molecule has 1 aliphatic carbocycles. The van der Waals surface area contributed by atoms with E-state index in [1.165, 1.54) is 0 Å². The Hall–Kier alpha value is -1.26. The van der Waals surface area contributed by atoms with Crippen molar-refractivity contribution in [1.82, 2.24) is 5.32 Å². The molecule has 98 valence electrons. The van der Waals surface area contributed by atoms with Gasteiger partial charge in [0.15, 0.2) is 0 Å². The molecular formula is C12H22N2O3. The van der Waals surface area contributed by atoms with Crippen LogP contribution in [-0.4, -0.2) is 24.1 Å². The molecule has 0 aromatic carbocycles. The summed E-state index contributed by atoms with van der Waals surface area (Å²) in [5.41, 5.74) is 4.48. The molecule has 1 saturated carbocycles. The molecule has 1 fully saturated rings. The molecule has 0 heterocycles. The highest BCUT2D eigenvalue weighted by atomic mass is 16.6. The zero-order chi connectivity index (χ0) is 13.1. The average molecular weight is 242 g/mol. The van der Waals surface area contributed by atoms with Gasteiger partial charge in [-0.3, -0.25) is 4.79 Å². The SMILES string of the molecule is CC(C)(C)OC(=O)NCCC1(C(N)=O)CCC1. The van der Waals surface area contributed by atoms with E-state index in [1.807, 2.05) is 20.8 Å². The number of ether oxygens (including phenoxy) is 1. The highest BCUT2D eigenvalue weighted by Crippen LogP contribution is 2.43. The predicted octanol–water partition coefficient (Wildman–Crippen LogP) is 1.56. The largest absolute Gasteiger partial charge is 0.444 e. The summed E-state index contributed by atoms with van der Waals surface area (Å²) >= 11 is 0. The summed E-state index contributed by atoms with van der Waals surface area (Å²) in [6.07, 6.45) is 2.85. The summed E-state index contributed by atoms with van der Waals surface area (Å²) in [5, 5.41) is 2.65. The lowest BCUT2D eigenvalue weighted by molar-refractivity contribution is -0.132. The minimum absolute atomic E-state index is 0.255. The van der Waals surface area contributed by atoms with Crippen LogP contribution in [0.15, 0.2) is 0 Å². The van der Waals surface area contributed by atoms with Crippen LogP contribution in [0.2, 0.25) is 0 Å². The highest BCUT2D eigenvalue weighted by Gasteiger charge is 2.42. The summed E-state index contributed by atoms with van der Waals surface area (Å²) in [5.74, 6) is -0.255. The molecule has 1 rings (SSSR count). The molecule has 0 atom stereocenters. The summed E-state index contributed by atoms with van der Waals surface area (Å²) in [7, 11) is 0. The van der Waals surface area contributed by atoms with E-state index >= 15 is 0 Å². The van der Waals surface area contributed by atoms with Crippen molar-refractivity contribution >= 4 is 12.0 Å². The molecule has 0 bridgehead atoms. The summed E-state index contributed by atoms with van der Waals surface area (Å²) < 4.78 is 5.10. The van der Waals surface area contributed by atoms with Gasteiger partial charge in [0.05, 0.1) is 5.41 Å². The Morgan fingerprint density at radius 2 is 1.94 bits per heavy atom. The molecule has 0 saturated heterocycles. The van der Waals surface area contributed by atoms with Gasteiger partial charge in [-0.2, -0.15) is 0 Å². The van der Waals surface area contributed by atoms with E-state index in [4.69, 9.17) is 10.5 Å². The molecule has 5 nitrogen and oxygen atoms in total. The maximum absolute atomic E-state index is 11.4. The number of carbonyl (C=O) groups is 2. The number of nitrogens with one attached hydrogen (secondary N) is 1. The number of rotatable bonds is 4. The van der Waals surface area contributed by atoms with Crippen molar-refractivity contribution in [3.63, 3.8) is 0 Å². The first-order valence-corrected chi connectivity index (χ1v) is 6.02. The van der Waals surface area contributed by atoms with Crippen molar-refractivity contribution in [2.24, 2.45) is 11.1 Å². The predicted molar refractivity (Wildman–Crippen MR) is 64.3 cm³/mol. The third-order valence-electron chi connectivity index (χ3n) is 3.11. The van der Waals surface area contributed by atoms with Crippen molar-refractivity contribution in [1.29, 1.82) is 0 Å². The van der Waals surface area contributed by atoms with Crippen LogP contribution in [0.3, 0.4) is 0 Å². The highest BCUT2D eigenvalue weighted by molar-refractivity contribution is 5.81. The topological polar surface area (TPSA) is 81.4 Å². The Labute approximate surface area is 102 Å². The second-order valence-corrected chi connectivity index (χ2v) is 5.68. The molecule has 0 aromatic rings. The van der Waals surface area contributed by atoms with E-state index in [2.05, 4.69) is 5.32 Å². The smallest absolute Gasteiger partial charge is 0.407 e. The van der Waals surface area contributed by atoms with E-state index < -0.39 is 17.1 Å². The molecule has 1 aliphatic rings. The second-order valence-electron chi connectivity index (χ2n) is 5.68. The van der Waals surface area contributed by atoms with Crippen LogP contribution in [0.5, 0.6) is 0 Å². The third kappa shape index (κ3) is 3.91. The number of primary amides is 1. The second kappa shape index (κ2) is 4.94. The molecular weight excluding hydrogens is 220 g/mol. The number of nitrogens with two attached hydrogens (primary N) is 1. The van der Waals surface area contributed by atoms with Gasteiger partial charge in [-0.1, -0.05) is 6.42 Å².